The minimum Gasteiger partial charge on any atom is -0.347 e. The van der Waals surface area contributed by atoms with Gasteiger partial charge < -0.3 is 9.80 Å². The lowest BCUT2D eigenvalue weighted by molar-refractivity contribution is -0.118. The van der Waals surface area contributed by atoms with E-state index in [1.54, 1.807) is 12.4 Å². The Morgan fingerprint density at radius 2 is 1.88 bits per heavy atom. The van der Waals surface area contributed by atoms with Crippen molar-refractivity contribution in [3.05, 3.63) is 54.9 Å². The number of pyridine rings is 1. The van der Waals surface area contributed by atoms with Gasteiger partial charge >= 0.3 is 0 Å². The number of amides is 1. The predicted molar refractivity (Wildman–Crippen MR) is 92.9 cm³/mol. The van der Waals surface area contributed by atoms with Crippen molar-refractivity contribution >= 4 is 28.6 Å². The number of benzene rings is 1. The van der Waals surface area contributed by atoms with Crippen molar-refractivity contribution in [1.29, 1.82) is 0 Å². The summed E-state index contributed by atoms with van der Waals surface area (Å²) in [4.78, 5) is 29.6. The number of hydrogen-bond donors (Lipinski definition) is 0. The van der Waals surface area contributed by atoms with E-state index in [9.17, 15) is 4.79 Å². The third-order valence-corrected chi connectivity index (χ3v) is 4.39. The molecule has 24 heavy (non-hydrogen) atoms. The van der Waals surface area contributed by atoms with Crippen LogP contribution in [0.25, 0.3) is 11.2 Å². The van der Waals surface area contributed by atoms with Crippen LogP contribution < -0.4 is 9.80 Å². The van der Waals surface area contributed by atoms with E-state index in [4.69, 9.17) is 0 Å². The number of anilines is 2. The Morgan fingerprint density at radius 1 is 1.08 bits per heavy atom. The Balaban J connectivity index is 1.60. The van der Waals surface area contributed by atoms with Gasteiger partial charge in [0.2, 0.25) is 5.91 Å². The van der Waals surface area contributed by atoms with Crippen molar-refractivity contribution in [3.63, 3.8) is 0 Å². The fourth-order valence-electron chi connectivity index (χ4n) is 3.09. The van der Waals surface area contributed by atoms with Crippen molar-refractivity contribution in [2.45, 2.75) is 12.5 Å². The lowest BCUT2D eigenvalue weighted by Crippen LogP contribution is -2.40. The van der Waals surface area contributed by atoms with Crippen LogP contribution in [-0.4, -0.2) is 40.5 Å². The summed E-state index contributed by atoms with van der Waals surface area (Å²) in [5.41, 5.74) is 2.28. The second kappa shape index (κ2) is 5.88. The van der Waals surface area contributed by atoms with Gasteiger partial charge in [-0.15, -0.1) is 0 Å². The minimum atomic E-state index is -0.216. The number of hydrogen-bond acceptors (Lipinski definition) is 5. The van der Waals surface area contributed by atoms with E-state index in [0.717, 1.165) is 23.4 Å². The molecule has 1 amide bonds. The van der Waals surface area contributed by atoms with Crippen LogP contribution >= 0.6 is 0 Å². The topological polar surface area (TPSA) is 62.2 Å². The zero-order valence-electron chi connectivity index (χ0n) is 13.3. The Morgan fingerprint density at radius 3 is 2.71 bits per heavy atom. The highest BCUT2D eigenvalue weighted by atomic mass is 16.2. The van der Waals surface area contributed by atoms with E-state index in [0.29, 0.717) is 12.2 Å². The van der Waals surface area contributed by atoms with Gasteiger partial charge in [0.15, 0.2) is 5.65 Å². The van der Waals surface area contributed by atoms with E-state index >= 15 is 0 Å². The van der Waals surface area contributed by atoms with Gasteiger partial charge in [0.25, 0.3) is 0 Å². The standard InChI is InChI=1S/C18H17N5O/c1-22(16-8-7-14-17(21-16)20-11-10-19-14)15-9-12-23(18(15)24)13-5-3-2-4-6-13/h2-8,10-11,15H,9,12H2,1H3/t15-/m1/s1. The van der Waals surface area contributed by atoms with E-state index in [2.05, 4.69) is 15.0 Å². The van der Waals surface area contributed by atoms with Crippen LogP contribution in [0.15, 0.2) is 54.9 Å². The lowest BCUT2D eigenvalue weighted by Gasteiger charge is -2.25. The van der Waals surface area contributed by atoms with Crippen LogP contribution in [0, 0.1) is 0 Å². The molecule has 120 valence electrons. The van der Waals surface area contributed by atoms with E-state index in [1.807, 2.05) is 59.3 Å². The molecule has 0 radical (unpaired) electrons. The minimum absolute atomic E-state index is 0.102. The van der Waals surface area contributed by atoms with Crippen LogP contribution in [0.3, 0.4) is 0 Å². The Bertz CT molecular complexity index is 883. The molecule has 3 heterocycles. The van der Waals surface area contributed by atoms with Gasteiger partial charge in [0, 0.05) is 31.7 Å². The first kappa shape index (κ1) is 14.6. The van der Waals surface area contributed by atoms with Crippen LogP contribution in [-0.2, 0) is 4.79 Å². The molecule has 0 aliphatic carbocycles. The quantitative estimate of drug-likeness (QED) is 0.741. The van der Waals surface area contributed by atoms with Crippen molar-refractivity contribution in [2.24, 2.45) is 0 Å². The molecule has 0 unspecified atom stereocenters. The Labute approximate surface area is 139 Å². The summed E-state index contributed by atoms with van der Waals surface area (Å²) in [6, 6.07) is 13.3. The zero-order chi connectivity index (χ0) is 16.5. The predicted octanol–water partition coefficient (Wildman–Crippen LogP) is 2.27. The molecule has 0 bridgehead atoms. The fourth-order valence-corrected chi connectivity index (χ4v) is 3.09. The molecule has 2 aromatic heterocycles. The Kier molecular flexibility index (Phi) is 3.57. The number of carbonyl (C=O) groups is 1. The van der Waals surface area contributed by atoms with Gasteiger partial charge in [-0.3, -0.25) is 9.78 Å². The number of para-hydroxylation sites is 1. The van der Waals surface area contributed by atoms with Crippen LogP contribution in [0.5, 0.6) is 0 Å². The molecule has 6 heteroatoms. The molecule has 4 rings (SSSR count). The van der Waals surface area contributed by atoms with Crippen LogP contribution in [0.2, 0.25) is 0 Å². The van der Waals surface area contributed by atoms with Crippen molar-refractivity contribution < 1.29 is 4.79 Å². The summed E-state index contributed by atoms with van der Waals surface area (Å²) in [7, 11) is 1.90. The van der Waals surface area contributed by atoms with Gasteiger partial charge in [0.05, 0.1) is 0 Å². The molecule has 1 aromatic carbocycles. The maximum Gasteiger partial charge on any atom is 0.249 e. The average molecular weight is 319 g/mol. The molecule has 0 saturated carbocycles. The van der Waals surface area contributed by atoms with Crippen molar-refractivity contribution in [1.82, 2.24) is 15.0 Å². The maximum absolute atomic E-state index is 12.8. The molecule has 1 aliphatic rings. The number of likely N-dealkylation sites (N-methyl/N-ethyl adjacent to an activating group) is 1. The van der Waals surface area contributed by atoms with Crippen molar-refractivity contribution in [2.75, 3.05) is 23.4 Å². The molecule has 0 N–H and O–H groups in total. The van der Waals surface area contributed by atoms with E-state index in [1.165, 1.54) is 0 Å². The summed E-state index contributed by atoms with van der Waals surface area (Å²) in [6.45, 7) is 0.714. The largest absolute Gasteiger partial charge is 0.347 e. The molecule has 1 saturated heterocycles. The second-order valence-corrected chi connectivity index (χ2v) is 5.81. The Hall–Kier alpha value is -3.02. The van der Waals surface area contributed by atoms with Gasteiger partial charge in [-0.25, -0.2) is 9.97 Å². The summed E-state index contributed by atoms with van der Waals surface area (Å²) < 4.78 is 0. The SMILES string of the molecule is CN(c1ccc2nccnc2n1)[C@@H]1CCN(c2ccccc2)C1=O. The van der Waals surface area contributed by atoms with Crippen molar-refractivity contribution in [3.8, 4) is 0 Å². The molecule has 6 nitrogen and oxygen atoms in total. The first-order valence-electron chi connectivity index (χ1n) is 7.91. The number of aromatic nitrogens is 3. The van der Waals surface area contributed by atoms with Crippen LogP contribution in [0.1, 0.15) is 6.42 Å². The van der Waals surface area contributed by atoms with E-state index in [-0.39, 0.29) is 11.9 Å². The molecule has 0 spiro atoms. The maximum atomic E-state index is 12.8. The third kappa shape index (κ3) is 2.46. The summed E-state index contributed by atoms with van der Waals surface area (Å²) in [6.07, 6.45) is 4.03. The highest BCUT2D eigenvalue weighted by Gasteiger charge is 2.35. The number of rotatable bonds is 3. The van der Waals surface area contributed by atoms with Crippen LogP contribution in [0.4, 0.5) is 11.5 Å². The molecule has 1 atom stereocenters. The molecule has 1 fully saturated rings. The normalized spacial score (nSPS) is 17.5. The number of nitrogens with zero attached hydrogens (tertiary/aromatic N) is 5. The average Bonchev–Trinajstić information content (AvgIpc) is 3.03. The van der Waals surface area contributed by atoms with Gasteiger partial charge in [-0.1, -0.05) is 18.2 Å². The summed E-state index contributed by atoms with van der Waals surface area (Å²) >= 11 is 0. The smallest absolute Gasteiger partial charge is 0.249 e. The molecular weight excluding hydrogens is 302 g/mol. The highest BCUT2D eigenvalue weighted by Crippen LogP contribution is 2.26. The first-order chi connectivity index (χ1) is 11.7. The van der Waals surface area contributed by atoms with Gasteiger partial charge in [-0.2, -0.15) is 0 Å². The van der Waals surface area contributed by atoms with Gasteiger partial charge in [0.1, 0.15) is 17.4 Å². The summed E-state index contributed by atoms with van der Waals surface area (Å²) in [5, 5.41) is 0. The number of carbonyl (C=O) groups excluding carboxylic acids is 1. The van der Waals surface area contributed by atoms with Gasteiger partial charge in [-0.05, 0) is 30.7 Å². The third-order valence-electron chi connectivity index (χ3n) is 4.39. The summed E-state index contributed by atoms with van der Waals surface area (Å²) in [5.74, 6) is 0.834. The second-order valence-electron chi connectivity index (χ2n) is 5.81. The molecular formula is C18H17N5O. The monoisotopic (exact) mass is 319 g/mol. The highest BCUT2D eigenvalue weighted by molar-refractivity contribution is 6.01. The molecule has 3 aromatic rings. The number of fused-ring (bicyclic) bond motifs is 1. The first-order valence-corrected chi connectivity index (χ1v) is 7.91. The molecule has 1 aliphatic heterocycles. The van der Waals surface area contributed by atoms with E-state index < -0.39 is 0 Å². The zero-order valence-corrected chi connectivity index (χ0v) is 13.3. The fraction of sp³-hybridized carbons (Fsp3) is 0.222. The lowest BCUT2D eigenvalue weighted by atomic mass is 10.2.